The van der Waals surface area contributed by atoms with Gasteiger partial charge in [-0.1, -0.05) is 33.1 Å². The maximum atomic E-state index is 3.62. The summed E-state index contributed by atoms with van der Waals surface area (Å²) in [4.78, 5) is 2.73. The van der Waals surface area contributed by atoms with Gasteiger partial charge in [0.2, 0.25) is 0 Å². The third-order valence-corrected chi connectivity index (χ3v) is 5.48. The van der Waals surface area contributed by atoms with Gasteiger partial charge in [0.25, 0.3) is 0 Å². The van der Waals surface area contributed by atoms with E-state index in [1.165, 1.54) is 71.0 Å². The summed E-state index contributed by atoms with van der Waals surface area (Å²) in [6.07, 6.45) is 11.4. The molecule has 1 atom stereocenters. The largest absolute Gasteiger partial charge is 0.315 e. The van der Waals surface area contributed by atoms with E-state index in [0.29, 0.717) is 5.41 Å². The van der Waals surface area contributed by atoms with Crippen molar-refractivity contribution in [2.24, 2.45) is 11.3 Å². The van der Waals surface area contributed by atoms with Gasteiger partial charge in [-0.25, -0.2) is 0 Å². The molecule has 1 aliphatic carbocycles. The molecule has 0 amide bonds. The van der Waals surface area contributed by atoms with Gasteiger partial charge in [-0.05, 0) is 63.6 Å². The SMILES string of the molecule is CNC(CN1CCCC(C)(C)CC1)C1CCCCC1. The molecule has 1 saturated carbocycles. The minimum atomic E-state index is 0.564. The number of likely N-dealkylation sites (tertiary alicyclic amines) is 1. The first-order valence-corrected chi connectivity index (χ1v) is 8.50. The first kappa shape index (κ1) is 15.3. The van der Waals surface area contributed by atoms with E-state index in [0.717, 1.165) is 12.0 Å². The molecule has 1 saturated heterocycles. The van der Waals surface area contributed by atoms with E-state index in [2.05, 4.69) is 31.1 Å². The molecular formula is C17H34N2. The normalized spacial score (nSPS) is 27.9. The lowest BCUT2D eigenvalue weighted by Gasteiger charge is -2.34. The molecule has 0 radical (unpaired) electrons. The molecule has 112 valence electrons. The molecule has 1 heterocycles. The molecule has 19 heavy (non-hydrogen) atoms. The fraction of sp³-hybridized carbons (Fsp3) is 1.00. The average molecular weight is 266 g/mol. The second-order valence-corrected chi connectivity index (χ2v) is 7.61. The highest BCUT2D eigenvalue weighted by Crippen LogP contribution is 2.31. The van der Waals surface area contributed by atoms with Gasteiger partial charge < -0.3 is 10.2 Å². The first-order chi connectivity index (χ1) is 9.11. The van der Waals surface area contributed by atoms with Crippen LogP contribution in [0, 0.1) is 11.3 Å². The standard InChI is InChI=1S/C17H34N2/c1-17(2)10-7-12-19(13-11-17)14-16(18-3)15-8-5-4-6-9-15/h15-16,18H,4-14H2,1-3H3. The van der Waals surface area contributed by atoms with E-state index in [1.807, 2.05) is 0 Å². The van der Waals surface area contributed by atoms with Gasteiger partial charge in [0.15, 0.2) is 0 Å². The Kier molecular flexibility index (Phi) is 5.70. The van der Waals surface area contributed by atoms with Gasteiger partial charge in [0.05, 0.1) is 0 Å². The monoisotopic (exact) mass is 266 g/mol. The molecule has 0 aromatic carbocycles. The highest BCUT2D eigenvalue weighted by atomic mass is 15.1. The highest BCUT2D eigenvalue weighted by Gasteiger charge is 2.27. The fourth-order valence-corrected chi connectivity index (χ4v) is 3.95. The maximum absolute atomic E-state index is 3.62. The number of rotatable bonds is 4. The van der Waals surface area contributed by atoms with Crippen molar-refractivity contribution in [3.8, 4) is 0 Å². The van der Waals surface area contributed by atoms with Crippen LogP contribution in [0.1, 0.15) is 65.2 Å². The smallest absolute Gasteiger partial charge is 0.0220 e. The summed E-state index contributed by atoms with van der Waals surface area (Å²) < 4.78 is 0. The van der Waals surface area contributed by atoms with Crippen LogP contribution in [0.25, 0.3) is 0 Å². The molecule has 0 aromatic heterocycles. The molecule has 2 heteroatoms. The Morgan fingerprint density at radius 1 is 1.05 bits per heavy atom. The van der Waals surface area contributed by atoms with Gasteiger partial charge in [-0.3, -0.25) is 0 Å². The Labute approximate surface area is 120 Å². The lowest BCUT2D eigenvalue weighted by molar-refractivity contribution is 0.188. The number of hydrogen-bond acceptors (Lipinski definition) is 2. The Morgan fingerprint density at radius 2 is 1.79 bits per heavy atom. The zero-order valence-corrected chi connectivity index (χ0v) is 13.4. The minimum Gasteiger partial charge on any atom is -0.315 e. The molecule has 1 unspecified atom stereocenters. The van der Waals surface area contributed by atoms with Gasteiger partial charge in [0.1, 0.15) is 0 Å². The van der Waals surface area contributed by atoms with Crippen molar-refractivity contribution in [1.82, 2.24) is 10.2 Å². The summed E-state index contributed by atoms with van der Waals surface area (Å²) in [5.41, 5.74) is 0.564. The van der Waals surface area contributed by atoms with Crippen molar-refractivity contribution in [3.05, 3.63) is 0 Å². The molecular weight excluding hydrogens is 232 g/mol. The lowest BCUT2D eigenvalue weighted by atomic mass is 9.83. The van der Waals surface area contributed by atoms with E-state index in [-0.39, 0.29) is 0 Å². The number of hydrogen-bond donors (Lipinski definition) is 1. The highest BCUT2D eigenvalue weighted by molar-refractivity contribution is 4.83. The van der Waals surface area contributed by atoms with Gasteiger partial charge in [-0.2, -0.15) is 0 Å². The van der Waals surface area contributed by atoms with Gasteiger partial charge in [0, 0.05) is 12.6 Å². The molecule has 2 fully saturated rings. The summed E-state index contributed by atoms with van der Waals surface area (Å²) in [5.74, 6) is 0.926. The summed E-state index contributed by atoms with van der Waals surface area (Å²) >= 11 is 0. The maximum Gasteiger partial charge on any atom is 0.0220 e. The van der Waals surface area contributed by atoms with Crippen LogP contribution in [0.15, 0.2) is 0 Å². The molecule has 1 aliphatic heterocycles. The molecule has 2 rings (SSSR count). The van der Waals surface area contributed by atoms with Gasteiger partial charge >= 0.3 is 0 Å². The minimum absolute atomic E-state index is 0.564. The predicted octanol–water partition coefficient (Wildman–Crippen LogP) is 3.67. The van der Waals surface area contributed by atoms with E-state index in [1.54, 1.807) is 0 Å². The van der Waals surface area contributed by atoms with Crippen LogP contribution >= 0.6 is 0 Å². The van der Waals surface area contributed by atoms with Crippen LogP contribution in [0.2, 0.25) is 0 Å². The molecule has 0 aromatic rings. The van der Waals surface area contributed by atoms with Gasteiger partial charge in [-0.15, -0.1) is 0 Å². The summed E-state index contributed by atoms with van der Waals surface area (Å²) in [7, 11) is 2.17. The fourth-order valence-electron chi connectivity index (χ4n) is 3.95. The number of nitrogens with one attached hydrogen (secondary N) is 1. The second kappa shape index (κ2) is 7.08. The summed E-state index contributed by atoms with van der Waals surface area (Å²) in [6, 6.07) is 0.724. The quantitative estimate of drug-likeness (QED) is 0.835. The van der Waals surface area contributed by atoms with Crippen molar-refractivity contribution in [2.45, 2.75) is 71.3 Å². The van der Waals surface area contributed by atoms with Crippen LogP contribution in [-0.2, 0) is 0 Å². The van der Waals surface area contributed by atoms with Crippen molar-refractivity contribution in [2.75, 3.05) is 26.7 Å². The van der Waals surface area contributed by atoms with Crippen LogP contribution < -0.4 is 5.32 Å². The van der Waals surface area contributed by atoms with E-state index >= 15 is 0 Å². The third-order valence-electron chi connectivity index (χ3n) is 5.48. The number of nitrogens with zero attached hydrogens (tertiary/aromatic N) is 1. The lowest BCUT2D eigenvalue weighted by Crippen LogP contribution is -2.45. The Morgan fingerprint density at radius 3 is 2.47 bits per heavy atom. The summed E-state index contributed by atoms with van der Waals surface area (Å²) in [6.45, 7) is 8.77. The van der Waals surface area contributed by atoms with Crippen LogP contribution in [0.3, 0.4) is 0 Å². The van der Waals surface area contributed by atoms with Crippen molar-refractivity contribution >= 4 is 0 Å². The summed E-state index contributed by atoms with van der Waals surface area (Å²) in [5, 5.41) is 3.62. The Hall–Kier alpha value is -0.0800. The number of likely N-dealkylation sites (N-methyl/N-ethyl adjacent to an activating group) is 1. The predicted molar refractivity (Wildman–Crippen MR) is 83.5 cm³/mol. The van der Waals surface area contributed by atoms with Crippen molar-refractivity contribution < 1.29 is 0 Å². The Bertz CT molecular complexity index is 256. The van der Waals surface area contributed by atoms with E-state index in [4.69, 9.17) is 0 Å². The molecule has 0 spiro atoms. The zero-order valence-electron chi connectivity index (χ0n) is 13.4. The first-order valence-electron chi connectivity index (χ1n) is 8.50. The zero-order chi connectivity index (χ0) is 13.7. The third kappa shape index (κ3) is 4.75. The van der Waals surface area contributed by atoms with Crippen LogP contribution in [0.4, 0.5) is 0 Å². The Balaban J connectivity index is 1.83. The molecule has 2 aliphatic rings. The van der Waals surface area contributed by atoms with Crippen molar-refractivity contribution in [3.63, 3.8) is 0 Å². The van der Waals surface area contributed by atoms with E-state index in [9.17, 15) is 0 Å². The molecule has 1 N–H and O–H groups in total. The second-order valence-electron chi connectivity index (χ2n) is 7.61. The molecule has 0 bridgehead atoms. The molecule has 2 nitrogen and oxygen atoms in total. The van der Waals surface area contributed by atoms with E-state index < -0.39 is 0 Å². The van der Waals surface area contributed by atoms with Crippen molar-refractivity contribution in [1.29, 1.82) is 0 Å². The topological polar surface area (TPSA) is 15.3 Å². The average Bonchev–Trinajstić information content (AvgIpc) is 2.58. The van der Waals surface area contributed by atoms with Crippen LogP contribution in [-0.4, -0.2) is 37.6 Å². The van der Waals surface area contributed by atoms with Crippen LogP contribution in [0.5, 0.6) is 0 Å².